The Balaban J connectivity index is 1.51. The second kappa shape index (κ2) is 10.9. The smallest absolute Gasteiger partial charge is 0.189 e. The number of benzene rings is 1. The van der Waals surface area contributed by atoms with Crippen LogP contribution in [0.15, 0.2) is 30.3 Å². The summed E-state index contributed by atoms with van der Waals surface area (Å²) < 4.78 is 23.6. The summed E-state index contributed by atoms with van der Waals surface area (Å²) in [5, 5.41) is 16.3. The van der Waals surface area contributed by atoms with Crippen LogP contribution >= 0.6 is 11.3 Å². The maximum absolute atomic E-state index is 5.62. The quantitative estimate of drug-likeness (QED) is 0.207. The first-order valence-corrected chi connectivity index (χ1v) is 13.7. The summed E-state index contributed by atoms with van der Waals surface area (Å²) in [5.41, 5.74) is 2.27. The molecule has 1 saturated heterocycles. The molecular weight excluding hydrogens is 502 g/mol. The molecule has 1 atom stereocenters. The van der Waals surface area contributed by atoms with Crippen LogP contribution in [-0.4, -0.2) is 66.6 Å². The molecule has 38 heavy (non-hydrogen) atoms. The number of anilines is 1. The molecule has 0 radical (unpaired) electrons. The second-order valence-corrected chi connectivity index (χ2v) is 11.3. The maximum Gasteiger partial charge on any atom is 0.189 e. The Morgan fingerprint density at radius 2 is 1.97 bits per heavy atom. The zero-order chi connectivity index (χ0) is 26.9. The van der Waals surface area contributed by atoms with Gasteiger partial charge in [-0.2, -0.15) is 9.61 Å². The molecule has 0 bridgehead atoms. The van der Waals surface area contributed by atoms with Crippen LogP contribution < -0.4 is 19.6 Å². The lowest BCUT2D eigenvalue weighted by Crippen LogP contribution is -2.24. The average molecular weight is 538 g/mol. The number of aromatic nitrogens is 4. The minimum atomic E-state index is -0.191. The number of hydrogen-bond donors (Lipinski definition) is 0. The molecule has 3 aromatic heterocycles. The lowest BCUT2D eigenvalue weighted by atomic mass is 9.91. The highest BCUT2D eigenvalue weighted by Gasteiger charge is 2.26. The highest BCUT2D eigenvalue weighted by molar-refractivity contribution is 7.16. The predicted octanol–water partition coefficient (Wildman–Crippen LogP) is 4.30. The predicted molar refractivity (Wildman–Crippen MR) is 149 cm³/mol. The molecule has 0 amide bonds. The first-order chi connectivity index (χ1) is 18.3. The van der Waals surface area contributed by atoms with Gasteiger partial charge in [-0.1, -0.05) is 20.8 Å². The molecular formula is C28H35N5O4S. The first-order valence-electron chi connectivity index (χ1n) is 12.9. The minimum Gasteiger partial charge on any atom is -0.497 e. The van der Waals surface area contributed by atoms with Crippen molar-refractivity contribution in [2.45, 2.75) is 45.8 Å². The molecule has 1 aliphatic heterocycles. The van der Waals surface area contributed by atoms with E-state index in [-0.39, 0.29) is 11.7 Å². The molecule has 0 spiro atoms. The van der Waals surface area contributed by atoms with Gasteiger partial charge in [0.1, 0.15) is 18.1 Å². The third kappa shape index (κ3) is 5.48. The normalized spacial score (nSPS) is 15.8. The van der Waals surface area contributed by atoms with E-state index in [2.05, 4.69) is 61.0 Å². The van der Waals surface area contributed by atoms with Crippen LogP contribution in [0.4, 0.5) is 5.00 Å². The van der Waals surface area contributed by atoms with Crippen LogP contribution in [0.1, 0.15) is 44.7 Å². The SMILES string of the molecule is CCN(CCCOC1CO1)c1ccc(/C=c2/c(C(C)(C)C)nn3c(-c4cc(OC)ccc4OC)nnc23)s1. The van der Waals surface area contributed by atoms with Crippen molar-refractivity contribution in [3.05, 3.63) is 46.1 Å². The van der Waals surface area contributed by atoms with Crippen molar-refractivity contribution in [3.63, 3.8) is 0 Å². The van der Waals surface area contributed by atoms with Gasteiger partial charge in [-0.05, 0) is 49.8 Å². The van der Waals surface area contributed by atoms with Gasteiger partial charge in [0.2, 0.25) is 0 Å². The topological polar surface area (TPSA) is 86.5 Å². The molecule has 4 heterocycles. The molecule has 202 valence electrons. The third-order valence-electron chi connectivity index (χ3n) is 6.47. The van der Waals surface area contributed by atoms with E-state index in [1.54, 1.807) is 25.6 Å². The molecule has 0 N–H and O–H groups in total. The van der Waals surface area contributed by atoms with Crippen molar-refractivity contribution in [3.8, 4) is 22.9 Å². The van der Waals surface area contributed by atoms with E-state index in [1.807, 2.05) is 22.7 Å². The van der Waals surface area contributed by atoms with Crippen LogP contribution in [0, 0.1) is 0 Å². The standard InChI is InChI=1S/C28H35N5O4S/c1-7-32(13-8-14-36-24-17-37-24)23-12-10-19(38-23)16-21-25(28(2,3)4)31-33-26(29-30-27(21)33)20-15-18(34-5)9-11-22(20)35-6/h9-12,15-16,24H,7-8,13-14,17H2,1-6H3/b21-16-. The van der Waals surface area contributed by atoms with E-state index in [0.717, 1.165) is 53.1 Å². The van der Waals surface area contributed by atoms with Gasteiger partial charge in [-0.25, -0.2) is 0 Å². The molecule has 1 aromatic carbocycles. The fourth-order valence-electron chi connectivity index (χ4n) is 4.41. The van der Waals surface area contributed by atoms with Crippen LogP contribution in [0.3, 0.4) is 0 Å². The summed E-state index contributed by atoms with van der Waals surface area (Å²) >= 11 is 1.77. The van der Waals surface area contributed by atoms with Crippen molar-refractivity contribution in [2.24, 2.45) is 0 Å². The van der Waals surface area contributed by atoms with Crippen molar-refractivity contribution in [1.82, 2.24) is 19.8 Å². The Morgan fingerprint density at radius 1 is 1.16 bits per heavy atom. The van der Waals surface area contributed by atoms with Crippen LogP contribution in [-0.2, 0) is 14.9 Å². The number of rotatable bonds is 11. The van der Waals surface area contributed by atoms with E-state index in [9.17, 15) is 0 Å². The molecule has 4 aromatic rings. The van der Waals surface area contributed by atoms with E-state index >= 15 is 0 Å². The molecule has 1 aliphatic rings. The average Bonchev–Trinajstić information content (AvgIpc) is 3.29. The fraction of sp³-hybridized carbons (Fsp3) is 0.464. The van der Waals surface area contributed by atoms with Gasteiger partial charge in [0, 0.05) is 28.6 Å². The van der Waals surface area contributed by atoms with Crippen LogP contribution in [0.5, 0.6) is 11.5 Å². The monoisotopic (exact) mass is 537 g/mol. The Morgan fingerprint density at radius 3 is 2.66 bits per heavy atom. The Labute approximate surface area is 227 Å². The summed E-state index contributed by atoms with van der Waals surface area (Å²) in [6.45, 7) is 12.0. The largest absolute Gasteiger partial charge is 0.497 e. The molecule has 1 fully saturated rings. The summed E-state index contributed by atoms with van der Waals surface area (Å²) in [6.07, 6.45) is 3.16. The van der Waals surface area contributed by atoms with E-state index in [4.69, 9.17) is 24.0 Å². The molecule has 0 saturated carbocycles. The Kier molecular flexibility index (Phi) is 7.56. The van der Waals surface area contributed by atoms with E-state index in [0.29, 0.717) is 23.9 Å². The molecule has 9 nitrogen and oxygen atoms in total. The first kappa shape index (κ1) is 26.4. The Bertz CT molecular complexity index is 1450. The highest BCUT2D eigenvalue weighted by Crippen LogP contribution is 2.33. The molecule has 1 unspecified atom stereocenters. The molecule has 0 aliphatic carbocycles. The number of ether oxygens (including phenoxy) is 4. The summed E-state index contributed by atoms with van der Waals surface area (Å²) in [4.78, 5) is 3.53. The number of hydrogen-bond acceptors (Lipinski definition) is 9. The maximum atomic E-state index is 5.62. The zero-order valence-electron chi connectivity index (χ0n) is 22.9. The van der Waals surface area contributed by atoms with Gasteiger partial charge in [-0.15, -0.1) is 21.5 Å². The molecule has 5 rings (SSSR count). The molecule has 10 heteroatoms. The number of nitrogens with zero attached hydrogens (tertiary/aromatic N) is 5. The van der Waals surface area contributed by atoms with Crippen molar-refractivity contribution >= 4 is 28.1 Å². The lowest BCUT2D eigenvalue weighted by molar-refractivity contribution is 0.0497. The summed E-state index contributed by atoms with van der Waals surface area (Å²) in [6, 6.07) is 9.98. The fourth-order valence-corrected chi connectivity index (χ4v) is 5.45. The van der Waals surface area contributed by atoms with E-state index < -0.39 is 0 Å². The minimum absolute atomic E-state index is 0.0164. The zero-order valence-corrected chi connectivity index (χ0v) is 23.7. The second-order valence-electron chi connectivity index (χ2n) is 10.2. The lowest BCUT2D eigenvalue weighted by Gasteiger charge is -2.20. The Hall–Kier alpha value is -3.21. The van der Waals surface area contributed by atoms with Gasteiger partial charge in [-0.3, -0.25) is 0 Å². The number of epoxide rings is 1. The van der Waals surface area contributed by atoms with Crippen LogP contribution in [0.25, 0.3) is 23.1 Å². The van der Waals surface area contributed by atoms with E-state index in [1.165, 1.54) is 5.00 Å². The van der Waals surface area contributed by atoms with Gasteiger partial charge in [0.25, 0.3) is 0 Å². The van der Waals surface area contributed by atoms with Gasteiger partial charge in [0.05, 0.1) is 37.1 Å². The number of thiophene rings is 1. The third-order valence-corrected chi connectivity index (χ3v) is 7.56. The van der Waals surface area contributed by atoms with Crippen molar-refractivity contribution < 1.29 is 18.9 Å². The van der Waals surface area contributed by atoms with Gasteiger partial charge >= 0.3 is 0 Å². The van der Waals surface area contributed by atoms with Gasteiger partial charge < -0.3 is 23.8 Å². The van der Waals surface area contributed by atoms with Gasteiger partial charge in [0.15, 0.2) is 17.8 Å². The highest BCUT2D eigenvalue weighted by atomic mass is 32.1. The van der Waals surface area contributed by atoms with Crippen molar-refractivity contribution in [2.75, 3.05) is 45.4 Å². The number of fused-ring (bicyclic) bond motifs is 1. The summed E-state index contributed by atoms with van der Waals surface area (Å²) in [5.74, 6) is 2.01. The summed E-state index contributed by atoms with van der Waals surface area (Å²) in [7, 11) is 3.28. The van der Waals surface area contributed by atoms with Crippen LogP contribution in [0.2, 0.25) is 0 Å². The number of methoxy groups -OCH3 is 2. The van der Waals surface area contributed by atoms with Crippen molar-refractivity contribution in [1.29, 1.82) is 0 Å².